The van der Waals surface area contributed by atoms with Gasteiger partial charge < -0.3 is 10.3 Å². The molecular weight excluding hydrogens is 375 g/mol. The van der Waals surface area contributed by atoms with Crippen LogP contribution >= 0.6 is 0 Å². The highest BCUT2D eigenvalue weighted by Gasteiger charge is 2.13. The summed E-state index contributed by atoms with van der Waals surface area (Å²) in [5.41, 5.74) is 7.11. The maximum atomic E-state index is 14.6. The number of allylic oxidation sites excluding steroid dienone is 2. The zero-order chi connectivity index (χ0) is 22.0. The van der Waals surface area contributed by atoms with E-state index in [1.807, 2.05) is 56.0 Å². The smallest absolute Gasteiger partial charge is 0.279 e. The molecule has 0 fully saturated rings. The van der Waals surface area contributed by atoms with Crippen LogP contribution in [0.3, 0.4) is 0 Å². The first-order valence-corrected chi connectivity index (χ1v) is 9.24. The largest absolute Gasteiger partial charge is 0.341 e. The topological polar surface area (TPSA) is 27.3 Å². The number of rotatable bonds is 9. The fraction of sp³-hybridized carbons (Fsp3) is 0.217. The lowest BCUT2D eigenvalue weighted by Gasteiger charge is -2.25. The molecule has 3 nitrogen and oxygen atoms in total. The van der Waals surface area contributed by atoms with Crippen molar-refractivity contribution >= 4 is 11.4 Å². The number of halogens is 3. The van der Waals surface area contributed by atoms with Gasteiger partial charge in [0.05, 0.1) is 17.9 Å². The van der Waals surface area contributed by atoms with Gasteiger partial charge in [0, 0.05) is 22.5 Å². The summed E-state index contributed by atoms with van der Waals surface area (Å²) in [4.78, 5) is 1.90. The van der Waals surface area contributed by atoms with E-state index >= 15 is 0 Å². The Morgan fingerprint density at radius 3 is 2.14 bits per heavy atom. The Bertz CT molecular complexity index is 833. The summed E-state index contributed by atoms with van der Waals surface area (Å²) in [6.45, 7) is 17.0. The number of benzene rings is 2. The molecule has 2 aromatic rings. The minimum Gasteiger partial charge on any atom is -0.341 e. The van der Waals surface area contributed by atoms with Crippen LogP contribution in [0.1, 0.15) is 31.9 Å². The van der Waals surface area contributed by atoms with Gasteiger partial charge in [-0.1, -0.05) is 63.9 Å². The maximum Gasteiger partial charge on any atom is 0.279 e. The second-order valence-corrected chi connectivity index (χ2v) is 6.02. The third-order valence-electron chi connectivity index (χ3n) is 3.90. The van der Waals surface area contributed by atoms with Gasteiger partial charge in [0.1, 0.15) is 5.82 Å². The predicted molar refractivity (Wildman–Crippen MR) is 116 cm³/mol. The summed E-state index contributed by atoms with van der Waals surface area (Å²) in [6.07, 6.45) is -2.71. The number of para-hydroxylation sites is 1. The molecule has 0 spiro atoms. The van der Waals surface area contributed by atoms with Gasteiger partial charge in [0.2, 0.25) is 0 Å². The number of nitrogens with one attached hydrogen (secondary N) is 2. The van der Waals surface area contributed by atoms with E-state index < -0.39 is 17.9 Å². The van der Waals surface area contributed by atoms with E-state index in [-0.39, 0.29) is 5.70 Å². The summed E-state index contributed by atoms with van der Waals surface area (Å²) in [6, 6.07) is 14.2. The van der Waals surface area contributed by atoms with E-state index in [4.69, 9.17) is 0 Å². The Balaban J connectivity index is 0.00000204. The van der Waals surface area contributed by atoms with Crippen molar-refractivity contribution in [3.8, 4) is 0 Å². The summed E-state index contributed by atoms with van der Waals surface area (Å²) in [5.74, 6) is -0.426. The van der Waals surface area contributed by atoms with Gasteiger partial charge in [-0.15, -0.1) is 0 Å². The van der Waals surface area contributed by atoms with Gasteiger partial charge >= 0.3 is 0 Å². The van der Waals surface area contributed by atoms with Crippen LogP contribution in [0.2, 0.25) is 0 Å². The fourth-order valence-electron chi connectivity index (χ4n) is 2.37. The molecular formula is C23H28F3N3. The van der Waals surface area contributed by atoms with Gasteiger partial charge in [0.25, 0.3) is 6.43 Å². The van der Waals surface area contributed by atoms with Crippen LogP contribution in [0.5, 0.6) is 0 Å². The minimum atomic E-state index is -2.71. The third kappa shape index (κ3) is 7.07. The van der Waals surface area contributed by atoms with Crippen molar-refractivity contribution in [3.63, 3.8) is 0 Å². The van der Waals surface area contributed by atoms with Crippen LogP contribution in [0.15, 0.2) is 79.7 Å². The highest BCUT2D eigenvalue weighted by atomic mass is 19.3. The first kappa shape index (κ1) is 23.9. The Hall–Kier alpha value is -3.15. The lowest BCUT2D eigenvalue weighted by molar-refractivity contribution is 0.179. The molecule has 156 valence electrons. The van der Waals surface area contributed by atoms with Crippen molar-refractivity contribution in [2.24, 2.45) is 0 Å². The van der Waals surface area contributed by atoms with E-state index in [0.717, 1.165) is 11.4 Å². The van der Waals surface area contributed by atoms with E-state index in [1.165, 1.54) is 6.07 Å². The van der Waals surface area contributed by atoms with Crippen LogP contribution < -0.4 is 15.8 Å². The van der Waals surface area contributed by atoms with Crippen molar-refractivity contribution in [2.45, 2.75) is 33.7 Å². The van der Waals surface area contributed by atoms with Crippen LogP contribution in [-0.2, 0) is 6.54 Å². The Labute approximate surface area is 171 Å². The van der Waals surface area contributed by atoms with Gasteiger partial charge in [0.15, 0.2) is 0 Å². The minimum absolute atomic E-state index is 0.252. The third-order valence-corrected chi connectivity index (χ3v) is 3.90. The molecule has 0 saturated heterocycles. The van der Waals surface area contributed by atoms with Crippen LogP contribution in [0, 0.1) is 5.82 Å². The lowest BCUT2D eigenvalue weighted by Crippen LogP contribution is -2.31. The van der Waals surface area contributed by atoms with Gasteiger partial charge in [-0.2, -0.15) is 0 Å². The summed E-state index contributed by atoms with van der Waals surface area (Å²) < 4.78 is 39.4. The second kappa shape index (κ2) is 11.6. The van der Waals surface area contributed by atoms with Crippen molar-refractivity contribution in [1.29, 1.82) is 0 Å². The van der Waals surface area contributed by atoms with Gasteiger partial charge in [-0.3, -0.25) is 5.43 Å². The molecule has 0 saturated carbocycles. The average molecular weight is 403 g/mol. The molecule has 29 heavy (non-hydrogen) atoms. The molecule has 0 amide bonds. The van der Waals surface area contributed by atoms with Crippen LogP contribution in [-0.4, -0.2) is 6.43 Å². The molecule has 0 atom stereocenters. The quantitative estimate of drug-likeness (QED) is 0.486. The molecule has 2 N–H and O–H groups in total. The number of hydrogen-bond acceptors (Lipinski definition) is 3. The molecule has 0 aliphatic carbocycles. The summed E-state index contributed by atoms with van der Waals surface area (Å²) in [7, 11) is 0. The van der Waals surface area contributed by atoms with Crippen molar-refractivity contribution < 1.29 is 13.2 Å². The standard InChI is InChI=1S/C21H22F3N3.C2H6/c1-14(2)27(19-8-6-5-7-9-19)13-18-11-10-17(12-20(18)22)15(3)25-26-16(4)21(23)24;1-2/h5-12,21,25-26H,1,3-4,13H2,2H3;1-2H3. The van der Waals surface area contributed by atoms with Crippen molar-refractivity contribution in [3.05, 3.63) is 96.6 Å². The van der Waals surface area contributed by atoms with Crippen LogP contribution in [0.25, 0.3) is 5.70 Å². The molecule has 0 aliphatic rings. The maximum absolute atomic E-state index is 14.6. The molecule has 0 radical (unpaired) electrons. The van der Waals surface area contributed by atoms with Crippen molar-refractivity contribution in [2.75, 3.05) is 4.90 Å². The molecule has 0 aromatic heterocycles. The number of nitrogens with zero attached hydrogens (tertiary/aromatic N) is 1. The summed E-state index contributed by atoms with van der Waals surface area (Å²) in [5, 5.41) is 0. The monoisotopic (exact) mass is 403 g/mol. The van der Waals surface area contributed by atoms with Crippen molar-refractivity contribution in [1.82, 2.24) is 10.9 Å². The Morgan fingerprint density at radius 1 is 1.00 bits per heavy atom. The van der Waals surface area contributed by atoms with E-state index in [0.29, 0.717) is 17.7 Å². The lowest BCUT2D eigenvalue weighted by atomic mass is 10.1. The average Bonchev–Trinajstić information content (AvgIpc) is 2.72. The Kier molecular flexibility index (Phi) is 9.59. The molecule has 0 bridgehead atoms. The molecule has 6 heteroatoms. The van der Waals surface area contributed by atoms with Crippen LogP contribution in [0.4, 0.5) is 18.9 Å². The van der Waals surface area contributed by atoms with E-state index in [9.17, 15) is 13.2 Å². The molecule has 0 aliphatic heterocycles. The number of hydrazine groups is 1. The van der Waals surface area contributed by atoms with Gasteiger partial charge in [-0.25, -0.2) is 13.2 Å². The highest BCUT2D eigenvalue weighted by molar-refractivity contribution is 5.62. The zero-order valence-electron chi connectivity index (χ0n) is 17.1. The fourth-order valence-corrected chi connectivity index (χ4v) is 2.37. The summed E-state index contributed by atoms with van der Waals surface area (Å²) >= 11 is 0. The molecule has 2 aromatic carbocycles. The highest BCUT2D eigenvalue weighted by Crippen LogP contribution is 2.23. The van der Waals surface area contributed by atoms with Gasteiger partial charge in [-0.05, 0) is 25.1 Å². The first-order chi connectivity index (χ1) is 13.8. The Morgan fingerprint density at radius 2 is 1.62 bits per heavy atom. The zero-order valence-corrected chi connectivity index (χ0v) is 17.1. The number of alkyl halides is 2. The normalized spacial score (nSPS) is 9.90. The van der Waals surface area contributed by atoms with E-state index in [1.54, 1.807) is 12.1 Å². The molecule has 0 heterocycles. The number of anilines is 1. The predicted octanol–water partition coefficient (Wildman–Crippen LogP) is 6.24. The SMILES string of the molecule is C=C(NNC(=C)C(F)F)c1ccc(CN(C(=C)C)c2ccccc2)c(F)c1.CC. The van der Waals surface area contributed by atoms with E-state index in [2.05, 4.69) is 30.6 Å². The first-order valence-electron chi connectivity index (χ1n) is 9.24. The molecule has 2 rings (SSSR count). The second-order valence-electron chi connectivity index (χ2n) is 6.02. The number of hydrogen-bond donors (Lipinski definition) is 2. The molecule has 0 unspecified atom stereocenters.